The Bertz CT molecular complexity index is 935. The molecule has 1 fully saturated rings. The molecule has 4 nitrogen and oxygen atoms in total. The summed E-state index contributed by atoms with van der Waals surface area (Å²) in [6.07, 6.45) is 2.08. The Morgan fingerprint density at radius 1 is 1.00 bits per heavy atom. The van der Waals surface area contributed by atoms with Crippen molar-refractivity contribution >= 4 is 5.69 Å². The molecule has 4 heteroatoms. The van der Waals surface area contributed by atoms with E-state index in [1.54, 1.807) is 0 Å². The second kappa shape index (κ2) is 9.10. The van der Waals surface area contributed by atoms with E-state index in [9.17, 15) is 5.11 Å². The lowest BCUT2D eigenvalue weighted by Gasteiger charge is -2.33. The minimum Gasteiger partial charge on any atom is -0.472 e. The number of piperidine rings is 1. The van der Waals surface area contributed by atoms with Gasteiger partial charge in [-0.15, -0.1) is 0 Å². The van der Waals surface area contributed by atoms with Crippen LogP contribution in [0.5, 0.6) is 5.88 Å². The van der Waals surface area contributed by atoms with Crippen molar-refractivity contribution in [2.24, 2.45) is 5.92 Å². The molecule has 4 rings (SSSR count). The first-order chi connectivity index (χ1) is 14.2. The number of aliphatic hydroxyl groups is 1. The van der Waals surface area contributed by atoms with Crippen molar-refractivity contribution in [2.75, 3.05) is 24.6 Å². The van der Waals surface area contributed by atoms with Crippen LogP contribution in [0.2, 0.25) is 0 Å². The monoisotopic (exact) mass is 388 g/mol. The Labute approximate surface area is 172 Å². The SMILES string of the molecule is Cc1ccc(-c2cccc(N3CCC(CO)CC3)c2)c(OCc2ccccc2)n1. The van der Waals surface area contributed by atoms with Crippen molar-refractivity contribution in [1.82, 2.24) is 4.98 Å². The molecule has 2 heterocycles. The molecular formula is C25H28N2O2. The number of nitrogens with zero attached hydrogens (tertiary/aromatic N) is 2. The molecule has 1 aliphatic heterocycles. The van der Waals surface area contributed by atoms with E-state index in [2.05, 4.69) is 52.3 Å². The van der Waals surface area contributed by atoms with Gasteiger partial charge in [-0.2, -0.15) is 0 Å². The third-order valence-corrected chi connectivity index (χ3v) is 5.61. The fourth-order valence-electron chi connectivity index (χ4n) is 3.83. The molecule has 0 radical (unpaired) electrons. The molecule has 0 bridgehead atoms. The average molecular weight is 389 g/mol. The summed E-state index contributed by atoms with van der Waals surface area (Å²) in [6.45, 7) is 4.75. The van der Waals surface area contributed by atoms with Gasteiger partial charge in [0.05, 0.1) is 0 Å². The smallest absolute Gasteiger partial charge is 0.221 e. The van der Waals surface area contributed by atoms with E-state index < -0.39 is 0 Å². The molecule has 1 aliphatic rings. The Balaban J connectivity index is 1.56. The van der Waals surface area contributed by atoms with Gasteiger partial charge < -0.3 is 14.7 Å². The van der Waals surface area contributed by atoms with Crippen molar-refractivity contribution in [2.45, 2.75) is 26.4 Å². The number of rotatable bonds is 6. The molecule has 2 aromatic carbocycles. The molecule has 0 spiro atoms. The van der Waals surface area contributed by atoms with Crippen molar-refractivity contribution in [1.29, 1.82) is 0 Å². The summed E-state index contributed by atoms with van der Waals surface area (Å²) in [5, 5.41) is 9.39. The first-order valence-electron chi connectivity index (χ1n) is 10.3. The number of ether oxygens (including phenoxy) is 1. The van der Waals surface area contributed by atoms with Gasteiger partial charge in [-0.05, 0) is 61.1 Å². The van der Waals surface area contributed by atoms with Crippen LogP contribution in [0.25, 0.3) is 11.1 Å². The fraction of sp³-hybridized carbons (Fsp3) is 0.320. The van der Waals surface area contributed by atoms with Crippen LogP contribution >= 0.6 is 0 Å². The van der Waals surface area contributed by atoms with Gasteiger partial charge in [0, 0.05) is 36.6 Å². The maximum atomic E-state index is 9.39. The normalized spacial score (nSPS) is 14.8. The van der Waals surface area contributed by atoms with Crippen LogP contribution in [-0.4, -0.2) is 29.8 Å². The summed E-state index contributed by atoms with van der Waals surface area (Å²) in [7, 11) is 0. The zero-order chi connectivity index (χ0) is 20.1. The van der Waals surface area contributed by atoms with Gasteiger partial charge in [-0.25, -0.2) is 4.98 Å². The van der Waals surface area contributed by atoms with Crippen molar-refractivity contribution in [3.8, 4) is 17.0 Å². The molecule has 1 N–H and O–H groups in total. The molecule has 1 aromatic heterocycles. The van der Waals surface area contributed by atoms with Crippen LogP contribution in [0.15, 0.2) is 66.7 Å². The van der Waals surface area contributed by atoms with Crippen LogP contribution in [0.3, 0.4) is 0 Å². The number of aromatic nitrogens is 1. The second-order valence-corrected chi connectivity index (χ2v) is 7.74. The van der Waals surface area contributed by atoms with Gasteiger partial charge in [-0.1, -0.05) is 42.5 Å². The molecule has 0 atom stereocenters. The summed E-state index contributed by atoms with van der Waals surface area (Å²) in [5.41, 5.74) is 5.41. The predicted molar refractivity (Wildman–Crippen MR) is 117 cm³/mol. The quantitative estimate of drug-likeness (QED) is 0.656. The van der Waals surface area contributed by atoms with Gasteiger partial charge in [0.15, 0.2) is 0 Å². The Morgan fingerprint density at radius 3 is 2.55 bits per heavy atom. The number of pyridine rings is 1. The van der Waals surface area contributed by atoms with E-state index in [1.807, 2.05) is 31.2 Å². The first-order valence-corrected chi connectivity index (χ1v) is 10.3. The Hall–Kier alpha value is -2.85. The third kappa shape index (κ3) is 4.77. The Kier molecular flexibility index (Phi) is 6.11. The number of hydrogen-bond acceptors (Lipinski definition) is 4. The molecule has 150 valence electrons. The van der Waals surface area contributed by atoms with E-state index in [0.29, 0.717) is 25.0 Å². The topological polar surface area (TPSA) is 45.6 Å². The first kappa shape index (κ1) is 19.5. The number of benzene rings is 2. The largest absolute Gasteiger partial charge is 0.472 e. The van der Waals surface area contributed by atoms with Crippen molar-refractivity contribution in [3.63, 3.8) is 0 Å². The number of aliphatic hydroxyl groups excluding tert-OH is 1. The summed E-state index contributed by atoms with van der Waals surface area (Å²) < 4.78 is 6.12. The molecule has 0 amide bonds. The molecule has 0 saturated carbocycles. The molecule has 29 heavy (non-hydrogen) atoms. The molecule has 1 saturated heterocycles. The van der Waals surface area contributed by atoms with E-state index >= 15 is 0 Å². The van der Waals surface area contributed by atoms with E-state index in [4.69, 9.17) is 4.74 Å². The van der Waals surface area contributed by atoms with Gasteiger partial charge in [0.1, 0.15) is 6.61 Å². The summed E-state index contributed by atoms with van der Waals surface area (Å²) in [4.78, 5) is 7.07. The number of aryl methyl sites for hydroxylation is 1. The molecule has 0 aliphatic carbocycles. The highest BCUT2D eigenvalue weighted by Gasteiger charge is 2.19. The summed E-state index contributed by atoms with van der Waals surface area (Å²) >= 11 is 0. The number of anilines is 1. The highest BCUT2D eigenvalue weighted by molar-refractivity contribution is 5.72. The third-order valence-electron chi connectivity index (χ3n) is 5.61. The predicted octanol–water partition coefficient (Wildman–Crippen LogP) is 4.84. The molecular weight excluding hydrogens is 360 g/mol. The van der Waals surface area contributed by atoms with Crippen LogP contribution in [0.1, 0.15) is 24.1 Å². The summed E-state index contributed by atoms with van der Waals surface area (Å²) in [6, 6.07) is 22.9. The lowest BCUT2D eigenvalue weighted by molar-refractivity contribution is 0.203. The lowest BCUT2D eigenvalue weighted by atomic mass is 9.97. The zero-order valence-electron chi connectivity index (χ0n) is 16.9. The lowest BCUT2D eigenvalue weighted by Crippen LogP contribution is -2.34. The summed E-state index contributed by atoms with van der Waals surface area (Å²) in [5.74, 6) is 1.11. The van der Waals surface area contributed by atoms with E-state index in [1.165, 1.54) is 5.69 Å². The van der Waals surface area contributed by atoms with Crippen LogP contribution in [0, 0.1) is 12.8 Å². The van der Waals surface area contributed by atoms with Crippen molar-refractivity contribution < 1.29 is 9.84 Å². The Morgan fingerprint density at radius 2 is 1.79 bits per heavy atom. The van der Waals surface area contributed by atoms with E-state index in [-0.39, 0.29) is 0 Å². The second-order valence-electron chi connectivity index (χ2n) is 7.74. The minimum absolute atomic E-state index is 0.297. The minimum atomic E-state index is 0.297. The maximum Gasteiger partial charge on any atom is 0.221 e. The van der Waals surface area contributed by atoms with Crippen molar-refractivity contribution in [3.05, 3.63) is 78.0 Å². The molecule has 0 unspecified atom stereocenters. The maximum absolute atomic E-state index is 9.39. The van der Waals surface area contributed by atoms with Gasteiger partial charge in [0.25, 0.3) is 0 Å². The highest BCUT2D eigenvalue weighted by atomic mass is 16.5. The molecule has 3 aromatic rings. The van der Waals surface area contributed by atoms with Crippen LogP contribution in [-0.2, 0) is 6.61 Å². The van der Waals surface area contributed by atoms with Crippen LogP contribution < -0.4 is 9.64 Å². The van der Waals surface area contributed by atoms with Gasteiger partial charge >= 0.3 is 0 Å². The van der Waals surface area contributed by atoms with Gasteiger partial charge in [-0.3, -0.25) is 0 Å². The fourth-order valence-corrected chi connectivity index (χ4v) is 3.83. The average Bonchev–Trinajstić information content (AvgIpc) is 2.78. The van der Waals surface area contributed by atoms with E-state index in [0.717, 1.165) is 48.3 Å². The zero-order valence-corrected chi connectivity index (χ0v) is 16.9. The van der Waals surface area contributed by atoms with Crippen LogP contribution in [0.4, 0.5) is 5.69 Å². The van der Waals surface area contributed by atoms with Gasteiger partial charge in [0.2, 0.25) is 5.88 Å². The standard InChI is InChI=1S/C25H28N2O2/c1-19-10-11-24(25(26-19)29-18-21-6-3-2-4-7-21)22-8-5-9-23(16-22)27-14-12-20(17-28)13-15-27/h2-11,16,20,28H,12-15,17-18H2,1H3. The highest BCUT2D eigenvalue weighted by Crippen LogP contribution is 2.33. The number of hydrogen-bond donors (Lipinski definition) is 1.